The normalized spacial score (nSPS) is 11.1. The molecule has 0 spiro atoms. The van der Waals surface area contributed by atoms with Gasteiger partial charge < -0.3 is 10.1 Å². The first-order valence-electron chi connectivity index (χ1n) is 8.08. The van der Waals surface area contributed by atoms with Crippen molar-refractivity contribution >= 4 is 0 Å². The van der Waals surface area contributed by atoms with E-state index in [-0.39, 0.29) is 0 Å². The topological polar surface area (TPSA) is 21.3 Å². The van der Waals surface area contributed by atoms with E-state index in [4.69, 9.17) is 4.74 Å². The summed E-state index contributed by atoms with van der Waals surface area (Å²) in [4.78, 5) is 0. The molecule has 0 amide bonds. The molecular weight excluding hydrogens is 246 g/mol. The molecule has 0 atom stereocenters. The fraction of sp³-hybridized carbons (Fsp3) is 0.667. The van der Waals surface area contributed by atoms with Crippen molar-refractivity contribution < 1.29 is 4.74 Å². The van der Waals surface area contributed by atoms with Crippen molar-refractivity contribution in [1.82, 2.24) is 5.32 Å². The van der Waals surface area contributed by atoms with Crippen LogP contribution >= 0.6 is 0 Å². The van der Waals surface area contributed by atoms with Crippen molar-refractivity contribution in [2.75, 3.05) is 19.7 Å². The first-order chi connectivity index (χ1) is 9.63. The predicted molar refractivity (Wildman–Crippen MR) is 87.8 cm³/mol. The fourth-order valence-corrected chi connectivity index (χ4v) is 2.24. The Balaban J connectivity index is 2.21. The Bertz CT molecular complexity index is 374. The van der Waals surface area contributed by atoms with Crippen molar-refractivity contribution in [1.29, 1.82) is 0 Å². The molecule has 0 aliphatic rings. The minimum atomic E-state index is 0.550. The first kappa shape index (κ1) is 17.0. The Kier molecular flexibility index (Phi) is 8.36. The van der Waals surface area contributed by atoms with Crippen LogP contribution in [0.25, 0.3) is 0 Å². The summed E-state index contributed by atoms with van der Waals surface area (Å²) < 4.78 is 5.84. The molecular formula is C18H31NO. The molecule has 0 heterocycles. The van der Waals surface area contributed by atoms with Gasteiger partial charge in [-0.3, -0.25) is 0 Å². The van der Waals surface area contributed by atoms with Gasteiger partial charge in [-0.05, 0) is 49.1 Å². The zero-order valence-electron chi connectivity index (χ0n) is 13.7. The molecule has 0 saturated heterocycles. The van der Waals surface area contributed by atoms with Crippen LogP contribution in [0.5, 0.6) is 5.75 Å². The molecule has 0 saturated carbocycles. The smallest absolute Gasteiger partial charge is 0.119 e. The maximum absolute atomic E-state index is 5.84. The van der Waals surface area contributed by atoms with E-state index in [1.807, 2.05) is 0 Å². The van der Waals surface area contributed by atoms with E-state index in [9.17, 15) is 0 Å². The summed E-state index contributed by atoms with van der Waals surface area (Å²) in [6.07, 6.45) is 5.25. The highest BCUT2D eigenvalue weighted by Crippen LogP contribution is 2.22. The van der Waals surface area contributed by atoms with E-state index >= 15 is 0 Å². The molecule has 114 valence electrons. The molecule has 0 aliphatic carbocycles. The Morgan fingerprint density at radius 3 is 2.55 bits per heavy atom. The molecule has 0 bridgehead atoms. The van der Waals surface area contributed by atoms with E-state index in [2.05, 4.69) is 51.2 Å². The lowest BCUT2D eigenvalue weighted by Crippen LogP contribution is -2.22. The second-order valence-electron chi connectivity index (χ2n) is 5.89. The minimum absolute atomic E-state index is 0.550. The summed E-state index contributed by atoms with van der Waals surface area (Å²) in [6, 6.07) is 6.52. The van der Waals surface area contributed by atoms with Crippen molar-refractivity contribution in [2.24, 2.45) is 0 Å². The molecule has 2 heteroatoms. The van der Waals surface area contributed by atoms with Crippen molar-refractivity contribution in [3.05, 3.63) is 29.3 Å². The van der Waals surface area contributed by atoms with Crippen LogP contribution in [0.2, 0.25) is 0 Å². The third-order valence-electron chi connectivity index (χ3n) is 3.49. The monoisotopic (exact) mass is 277 g/mol. The zero-order chi connectivity index (χ0) is 14.8. The van der Waals surface area contributed by atoms with Crippen molar-refractivity contribution in [3.8, 4) is 5.75 Å². The SMILES string of the molecule is CCCCCCNCCOc1cc(C)cc(C(C)C)c1. The van der Waals surface area contributed by atoms with E-state index in [0.29, 0.717) is 5.92 Å². The van der Waals surface area contributed by atoms with Crippen molar-refractivity contribution in [2.45, 2.75) is 59.3 Å². The molecule has 20 heavy (non-hydrogen) atoms. The number of aryl methyl sites for hydroxylation is 1. The van der Waals surface area contributed by atoms with Crippen LogP contribution < -0.4 is 10.1 Å². The molecule has 1 aromatic rings. The van der Waals surface area contributed by atoms with Gasteiger partial charge >= 0.3 is 0 Å². The summed E-state index contributed by atoms with van der Waals surface area (Å²) in [7, 11) is 0. The van der Waals surface area contributed by atoms with Crippen LogP contribution in [0.3, 0.4) is 0 Å². The number of hydrogen-bond donors (Lipinski definition) is 1. The molecule has 1 rings (SSSR count). The van der Waals surface area contributed by atoms with Crippen LogP contribution in [0.15, 0.2) is 18.2 Å². The van der Waals surface area contributed by atoms with Gasteiger partial charge in [0.15, 0.2) is 0 Å². The predicted octanol–water partition coefficient (Wildman–Crippen LogP) is 4.67. The van der Waals surface area contributed by atoms with Gasteiger partial charge in [0.25, 0.3) is 0 Å². The minimum Gasteiger partial charge on any atom is -0.492 e. The summed E-state index contributed by atoms with van der Waals surface area (Å²) in [6.45, 7) is 11.6. The van der Waals surface area contributed by atoms with Gasteiger partial charge in [0.2, 0.25) is 0 Å². The van der Waals surface area contributed by atoms with Gasteiger partial charge in [0, 0.05) is 6.54 Å². The zero-order valence-corrected chi connectivity index (χ0v) is 13.7. The third-order valence-corrected chi connectivity index (χ3v) is 3.49. The fourth-order valence-electron chi connectivity index (χ4n) is 2.24. The first-order valence-corrected chi connectivity index (χ1v) is 8.08. The largest absolute Gasteiger partial charge is 0.492 e. The second-order valence-corrected chi connectivity index (χ2v) is 5.89. The molecule has 2 nitrogen and oxygen atoms in total. The quantitative estimate of drug-likeness (QED) is 0.628. The van der Waals surface area contributed by atoms with Crippen LogP contribution in [0.4, 0.5) is 0 Å². The van der Waals surface area contributed by atoms with Crippen molar-refractivity contribution in [3.63, 3.8) is 0 Å². The number of ether oxygens (including phenoxy) is 1. The maximum Gasteiger partial charge on any atom is 0.119 e. The van der Waals surface area contributed by atoms with Crippen LogP contribution in [-0.4, -0.2) is 19.7 Å². The van der Waals surface area contributed by atoms with Gasteiger partial charge in [-0.1, -0.05) is 46.1 Å². The molecule has 0 unspecified atom stereocenters. The van der Waals surface area contributed by atoms with Crippen LogP contribution in [0.1, 0.15) is 63.5 Å². The Hall–Kier alpha value is -1.02. The average molecular weight is 277 g/mol. The Labute approximate surface area is 124 Å². The molecule has 1 aromatic carbocycles. The number of rotatable bonds is 10. The summed E-state index contributed by atoms with van der Waals surface area (Å²) in [5.74, 6) is 1.55. The Morgan fingerprint density at radius 1 is 1.05 bits per heavy atom. The lowest BCUT2D eigenvalue weighted by atomic mass is 10.0. The summed E-state index contributed by atoms with van der Waals surface area (Å²) in [5.41, 5.74) is 2.63. The summed E-state index contributed by atoms with van der Waals surface area (Å²) >= 11 is 0. The van der Waals surface area contributed by atoms with E-state index in [1.54, 1.807) is 0 Å². The maximum atomic E-state index is 5.84. The van der Waals surface area contributed by atoms with Crippen LogP contribution in [0, 0.1) is 6.92 Å². The van der Waals surface area contributed by atoms with E-state index < -0.39 is 0 Å². The van der Waals surface area contributed by atoms with E-state index in [1.165, 1.54) is 36.8 Å². The third kappa shape index (κ3) is 6.95. The molecule has 0 aromatic heterocycles. The lowest BCUT2D eigenvalue weighted by molar-refractivity contribution is 0.313. The highest BCUT2D eigenvalue weighted by molar-refractivity contribution is 5.35. The molecule has 1 N–H and O–H groups in total. The number of benzene rings is 1. The molecule has 0 aliphatic heterocycles. The van der Waals surface area contributed by atoms with Gasteiger partial charge in [-0.25, -0.2) is 0 Å². The lowest BCUT2D eigenvalue weighted by Gasteiger charge is -2.12. The van der Waals surface area contributed by atoms with Gasteiger partial charge in [-0.15, -0.1) is 0 Å². The molecule has 0 fully saturated rings. The van der Waals surface area contributed by atoms with Gasteiger partial charge in [-0.2, -0.15) is 0 Å². The number of hydrogen-bond acceptors (Lipinski definition) is 2. The summed E-state index contributed by atoms with van der Waals surface area (Å²) in [5, 5.41) is 3.44. The number of unbranched alkanes of at least 4 members (excludes halogenated alkanes) is 3. The van der Waals surface area contributed by atoms with Crippen LogP contribution in [-0.2, 0) is 0 Å². The van der Waals surface area contributed by atoms with E-state index in [0.717, 1.165) is 25.4 Å². The van der Waals surface area contributed by atoms with Gasteiger partial charge in [0.1, 0.15) is 12.4 Å². The number of nitrogens with one attached hydrogen (secondary N) is 1. The van der Waals surface area contributed by atoms with Gasteiger partial charge in [0.05, 0.1) is 0 Å². The Morgan fingerprint density at radius 2 is 1.85 bits per heavy atom. The highest BCUT2D eigenvalue weighted by Gasteiger charge is 2.03. The average Bonchev–Trinajstić information content (AvgIpc) is 2.41. The highest BCUT2D eigenvalue weighted by atomic mass is 16.5. The second kappa shape index (κ2) is 9.82. The standard InChI is InChI=1S/C18H31NO/c1-5-6-7-8-9-19-10-11-20-18-13-16(4)12-17(14-18)15(2)3/h12-15,19H,5-11H2,1-4H3. The molecule has 0 radical (unpaired) electrons.